The molecule has 2 aromatic carbocycles. The Bertz CT molecular complexity index is 1120. The molecular weight excluding hydrogens is 376 g/mol. The third kappa shape index (κ3) is 3.74. The normalized spacial score (nSPS) is 11.0. The molecule has 2 N–H and O–H groups in total. The molecule has 0 aliphatic heterocycles. The van der Waals surface area contributed by atoms with E-state index in [-0.39, 0.29) is 5.78 Å². The van der Waals surface area contributed by atoms with Crippen molar-refractivity contribution >= 4 is 50.6 Å². The van der Waals surface area contributed by atoms with Crippen molar-refractivity contribution in [3.63, 3.8) is 0 Å². The van der Waals surface area contributed by atoms with Crippen molar-refractivity contribution < 1.29 is 4.79 Å². The number of aryl methyl sites for hydroxylation is 1. The van der Waals surface area contributed by atoms with Gasteiger partial charge < -0.3 is 10.3 Å². The molecule has 7 heteroatoms. The summed E-state index contributed by atoms with van der Waals surface area (Å²) in [6, 6.07) is 13.9. The Kier molecular flexibility index (Phi) is 4.96. The summed E-state index contributed by atoms with van der Waals surface area (Å²) in [7, 11) is 0. The molecule has 0 radical (unpaired) electrons. The highest BCUT2D eigenvalue weighted by Crippen LogP contribution is 2.30. The maximum Gasteiger partial charge on any atom is 0.210 e. The molecule has 5 nitrogen and oxygen atoms in total. The molecule has 27 heavy (non-hydrogen) atoms. The van der Waals surface area contributed by atoms with Crippen molar-refractivity contribution in [3.8, 4) is 0 Å². The highest BCUT2D eigenvalue weighted by atomic mass is 32.2. The van der Waals surface area contributed by atoms with Crippen LogP contribution in [-0.4, -0.2) is 26.7 Å². The lowest BCUT2D eigenvalue weighted by Gasteiger charge is -2.08. The molecule has 0 bridgehead atoms. The smallest absolute Gasteiger partial charge is 0.210 e. The van der Waals surface area contributed by atoms with E-state index >= 15 is 0 Å². The quantitative estimate of drug-likeness (QED) is 0.340. The van der Waals surface area contributed by atoms with Crippen molar-refractivity contribution in [2.75, 3.05) is 11.1 Å². The Morgan fingerprint density at radius 3 is 2.89 bits per heavy atom. The molecule has 4 aromatic rings. The number of carbonyl (C=O) groups is 1. The van der Waals surface area contributed by atoms with Crippen LogP contribution in [0.5, 0.6) is 0 Å². The molecular formula is C20H18N4OS2. The number of aromatic amines is 1. The molecule has 0 saturated carbocycles. The first-order valence-corrected chi connectivity index (χ1v) is 10.3. The number of hydrogen-bond donors (Lipinski definition) is 2. The molecule has 2 heterocycles. The third-order valence-corrected chi connectivity index (χ3v) is 6.44. The number of aromatic nitrogens is 3. The van der Waals surface area contributed by atoms with Gasteiger partial charge in [0.05, 0.1) is 5.75 Å². The lowest BCUT2D eigenvalue weighted by molar-refractivity contribution is 0.102. The first-order valence-electron chi connectivity index (χ1n) is 8.50. The average Bonchev–Trinajstić information content (AvgIpc) is 3.30. The topological polar surface area (TPSA) is 70.7 Å². The number of nitrogens with zero attached hydrogens (tertiary/aromatic N) is 2. The van der Waals surface area contributed by atoms with Gasteiger partial charge >= 0.3 is 0 Å². The van der Waals surface area contributed by atoms with E-state index in [0.29, 0.717) is 5.75 Å². The monoisotopic (exact) mass is 394 g/mol. The number of rotatable bonds is 6. The second-order valence-electron chi connectivity index (χ2n) is 6.21. The summed E-state index contributed by atoms with van der Waals surface area (Å²) in [5.41, 5.74) is 5.13. The van der Waals surface area contributed by atoms with Crippen LogP contribution < -0.4 is 5.32 Å². The Balaban J connectivity index is 1.42. The van der Waals surface area contributed by atoms with Crippen LogP contribution in [0, 0.1) is 13.8 Å². The number of fused-ring (bicyclic) bond motifs is 1. The number of carbonyl (C=O) groups excluding carboxylic acids is 1. The fourth-order valence-electron chi connectivity index (χ4n) is 2.83. The number of anilines is 2. The van der Waals surface area contributed by atoms with Crippen LogP contribution in [0.2, 0.25) is 0 Å². The van der Waals surface area contributed by atoms with Crippen molar-refractivity contribution in [3.05, 3.63) is 65.4 Å². The van der Waals surface area contributed by atoms with Gasteiger partial charge in [-0.3, -0.25) is 4.79 Å². The predicted octanol–water partition coefficient (Wildman–Crippen LogP) is 5.35. The summed E-state index contributed by atoms with van der Waals surface area (Å²) in [6.07, 6.45) is 1.78. The number of ketones is 1. The van der Waals surface area contributed by atoms with Crippen LogP contribution in [0.3, 0.4) is 0 Å². The van der Waals surface area contributed by atoms with E-state index in [4.69, 9.17) is 0 Å². The zero-order chi connectivity index (χ0) is 18.8. The molecule has 0 amide bonds. The zero-order valence-electron chi connectivity index (χ0n) is 14.9. The van der Waals surface area contributed by atoms with E-state index in [0.717, 1.165) is 31.6 Å². The van der Waals surface area contributed by atoms with Gasteiger partial charge in [0.1, 0.15) is 0 Å². The van der Waals surface area contributed by atoms with Gasteiger partial charge in [0.25, 0.3) is 0 Å². The van der Waals surface area contributed by atoms with Crippen LogP contribution in [0.15, 0.2) is 53.0 Å². The number of para-hydroxylation sites is 1. The van der Waals surface area contributed by atoms with Crippen molar-refractivity contribution in [2.45, 2.75) is 18.2 Å². The van der Waals surface area contributed by atoms with Crippen molar-refractivity contribution in [1.82, 2.24) is 15.2 Å². The second-order valence-corrected chi connectivity index (χ2v) is 8.41. The van der Waals surface area contributed by atoms with Crippen LogP contribution in [0.25, 0.3) is 10.9 Å². The minimum atomic E-state index is 0.0803. The van der Waals surface area contributed by atoms with Crippen LogP contribution in [-0.2, 0) is 0 Å². The van der Waals surface area contributed by atoms with E-state index in [2.05, 4.69) is 40.4 Å². The number of nitrogens with one attached hydrogen (secondary N) is 2. The first-order chi connectivity index (χ1) is 13.1. The van der Waals surface area contributed by atoms with E-state index in [1.807, 2.05) is 36.4 Å². The van der Waals surface area contributed by atoms with Gasteiger partial charge in [0, 0.05) is 28.4 Å². The molecule has 0 fully saturated rings. The van der Waals surface area contributed by atoms with Crippen molar-refractivity contribution in [1.29, 1.82) is 0 Å². The molecule has 0 spiro atoms. The molecule has 4 rings (SSSR count). The van der Waals surface area contributed by atoms with Crippen molar-refractivity contribution in [2.24, 2.45) is 0 Å². The summed E-state index contributed by atoms with van der Waals surface area (Å²) in [5.74, 6) is 0.414. The second kappa shape index (κ2) is 7.54. The summed E-state index contributed by atoms with van der Waals surface area (Å²) in [6.45, 7) is 4.16. The van der Waals surface area contributed by atoms with E-state index < -0.39 is 0 Å². The van der Waals surface area contributed by atoms with E-state index in [1.54, 1.807) is 6.20 Å². The number of hydrogen-bond acceptors (Lipinski definition) is 6. The third-order valence-electron chi connectivity index (χ3n) is 4.47. The van der Waals surface area contributed by atoms with Gasteiger partial charge in [-0.15, -0.1) is 10.2 Å². The Hall–Kier alpha value is -2.64. The zero-order valence-corrected chi connectivity index (χ0v) is 16.6. The maximum atomic E-state index is 12.6. The summed E-state index contributed by atoms with van der Waals surface area (Å²) in [5, 5.41) is 13.4. The van der Waals surface area contributed by atoms with E-state index in [1.165, 1.54) is 34.2 Å². The molecule has 136 valence electrons. The highest BCUT2D eigenvalue weighted by Gasteiger charge is 2.14. The van der Waals surface area contributed by atoms with Crippen LogP contribution in [0.1, 0.15) is 21.5 Å². The number of H-pyrrole nitrogens is 1. The predicted molar refractivity (Wildman–Crippen MR) is 112 cm³/mol. The standard InChI is InChI=1S/C20H18N4OS2/c1-12-6-5-9-16(13(12)2)22-19-23-24-20(27-19)26-11-18(25)15-10-21-17-8-4-3-7-14(15)17/h3-10,21H,11H2,1-2H3,(H,22,23). The van der Waals surface area contributed by atoms with Crippen LogP contribution >= 0.6 is 23.1 Å². The number of thioether (sulfide) groups is 1. The molecule has 2 aromatic heterocycles. The lowest BCUT2D eigenvalue weighted by atomic mass is 10.1. The van der Waals surface area contributed by atoms with Gasteiger partial charge in [-0.25, -0.2) is 0 Å². The summed E-state index contributed by atoms with van der Waals surface area (Å²) >= 11 is 2.87. The fourth-order valence-corrected chi connectivity index (χ4v) is 4.48. The Morgan fingerprint density at radius 1 is 1.15 bits per heavy atom. The molecule has 0 unspecified atom stereocenters. The van der Waals surface area contributed by atoms with Gasteiger partial charge in [-0.2, -0.15) is 0 Å². The molecule has 0 saturated heterocycles. The molecule has 0 atom stereocenters. The first kappa shape index (κ1) is 17.8. The average molecular weight is 395 g/mol. The Labute approximate surface area is 165 Å². The largest absolute Gasteiger partial charge is 0.360 e. The summed E-state index contributed by atoms with van der Waals surface area (Å²) < 4.78 is 0.774. The van der Waals surface area contributed by atoms with Gasteiger partial charge in [0.2, 0.25) is 5.13 Å². The Morgan fingerprint density at radius 2 is 2.00 bits per heavy atom. The molecule has 0 aliphatic carbocycles. The van der Waals surface area contributed by atoms with E-state index in [9.17, 15) is 4.79 Å². The lowest BCUT2D eigenvalue weighted by Crippen LogP contribution is -2.01. The SMILES string of the molecule is Cc1cccc(Nc2nnc(SCC(=O)c3c[nH]c4ccccc34)s2)c1C. The maximum absolute atomic E-state index is 12.6. The minimum Gasteiger partial charge on any atom is -0.360 e. The van der Waals surface area contributed by atoms with Gasteiger partial charge in [-0.05, 0) is 37.1 Å². The van der Waals surface area contributed by atoms with Crippen LogP contribution in [0.4, 0.5) is 10.8 Å². The molecule has 0 aliphatic rings. The summed E-state index contributed by atoms with van der Waals surface area (Å²) in [4.78, 5) is 15.7. The number of Topliss-reactive ketones (excluding diaryl/α,β-unsaturated/α-hetero) is 1. The van der Waals surface area contributed by atoms with Gasteiger partial charge in [0.15, 0.2) is 10.1 Å². The highest BCUT2D eigenvalue weighted by molar-refractivity contribution is 8.01. The van der Waals surface area contributed by atoms with Gasteiger partial charge in [-0.1, -0.05) is 53.4 Å². The minimum absolute atomic E-state index is 0.0803. The fraction of sp³-hybridized carbons (Fsp3) is 0.150. The number of benzene rings is 2.